The van der Waals surface area contributed by atoms with Gasteiger partial charge in [-0.1, -0.05) is 23.7 Å². The van der Waals surface area contributed by atoms with Gasteiger partial charge in [-0.15, -0.1) is 0 Å². The van der Waals surface area contributed by atoms with Gasteiger partial charge in [-0.2, -0.15) is 0 Å². The van der Waals surface area contributed by atoms with Crippen LogP contribution in [0.3, 0.4) is 0 Å². The third kappa shape index (κ3) is 1.70. The van der Waals surface area contributed by atoms with Crippen molar-refractivity contribution in [2.75, 3.05) is 0 Å². The summed E-state index contributed by atoms with van der Waals surface area (Å²) in [7, 11) is 0. The van der Waals surface area contributed by atoms with Gasteiger partial charge in [-0.05, 0) is 11.6 Å². The third-order valence-corrected chi connectivity index (χ3v) is 1.92. The number of rotatable bonds is 2. The molecule has 0 fully saturated rings. The molecule has 0 radical (unpaired) electrons. The zero-order valence-corrected chi connectivity index (χ0v) is 6.74. The lowest BCUT2D eigenvalue weighted by molar-refractivity contribution is 0.482. The molecule has 0 heterocycles. The Kier molecular flexibility index (Phi) is 2.85. The van der Waals surface area contributed by atoms with Crippen LogP contribution in [0.2, 0.25) is 5.02 Å². The summed E-state index contributed by atoms with van der Waals surface area (Å²) in [6.07, 6.45) is 0. The van der Waals surface area contributed by atoms with Crippen LogP contribution in [0, 0.1) is 0 Å². The number of nitrogens with two attached hydrogens (primary N) is 1. The number of hydrogen-bond acceptors (Lipinski definition) is 1. The molecule has 0 amide bonds. The summed E-state index contributed by atoms with van der Waals surface area (Å²) in [6, 6.07) is 5.21. The van der Waals surface area contributed by atoms with Gasteiger partial charge in [0.05, 0.1) is 0 Å². The second-order valence-electron chi connectivity index (χ2n) is 2.22. The lowest BCUT2D eigenvalue weighted by Crippen LogP contribution is -2.00. The molecule has 1 aromatic rings. The van der Waals surface area contributed by atoms with E-state index in [1.807, 2.05) is 0 Å². The van der Waals surface area contributed by atoms with Gasteiger partial charge in [0, 0.05) is 17.1 Å². The fourth-order valence-electron chi connectivity index (χ4n) is 0.944. The molecule has 0 atom stereocenters. The Hall–Kier alpha value is -0.600. The first-order valence-electron chi connectivity index (χ1n) is 3.32. The highest BCUT2D eigenvalue weighted by Crippen LogP contribution is 2.20. The van der Waals surface area contributed by atoms with Crippen LogP contribution >= 0.6 is 11.6 Å². The van der Waals surface area contributed by atoms with Crippen molar-refractivity contribution < 1.29 is 4.39 Å². The zero-order valence-electron chi connectivity index (χ0n) is 5.98. The van der Waals surface area contributed by atoms with Gasteiger partial charge in [0.1, 0.15) is 6.67 Å². The first kappa shape index (κ1) is 8.50. The van der Waals surface area contributed by atoms with Crippen LogP contribution in [-0.4, -0.2) is 0 Å². The molecule has 11 heavy (non-hydrogen) atoms. The second-order valence-corrected chi connectivity index (χ2v) is 2.62. The van der Waals surface area contributed by atoms with E-state index < -0.39 is 6.67 Å². The Morgan fingerprint density at radius 2 is 2.18 bits per heavy atom. The predicted octanol–water partition coefficient (Wildman–Crippen LogP) is 2.27. The highest BCUT2D eigenvalue weighted by atomic mass is 35.5. The van der Waals surface area contributed by atoms with Gasteiger partial charge < -0.3 is 5.73 Å². The van der Waals surface area contributed by atoms with E-state index >= 15 is 0 Å². The molecule has 60 valence electrons. The largest absolute Gasteiger partial charge is 0.326 e. The van der Waals surface area contributed by atoms with E-state index in [2.05, 4.69) is 0 Å². The van der Waals surface area contributed by atoms with Gasteiger partial charge in [-0.3, -0.25) is 0 Å². The van der Waals surface area contributed by atoms with Gasteiger partial charge in [0.2, 0.25) is 0 Å². The van der Waals surface area contributed by atoms with Crippen LogP contribution < -0.4 is 5.73 Å². The molecule has 3 heteroatoms. The van der Waals surface area contributed by atoms with Crippen LogP contribution in [0.15, 0.2) is 18.2 Å². The standard InChI is InChI=1S/C8H9ClFN/c9-8-3-1-2-6(5-11)7(8)4-10/h1-3H,4-5,11H2. The average molecular weight is 174 g/mol. The summed E-state index contributed by atoms with van der Waals surface area (Å²) in [6.45, 7) is -0.216. The Balaban J connectivity index is 3.13. The van der Waals surface area contributed by atoms with Gasteiger partial charge in [-0.25, -0.2) is 4.39 Å². The molecule has 0 bridgehead atoms. The molecule has 0 saturated heterocycles. The fourth-order valence-corrected chi connectivity index (χ4v) is 1.19. The minimum atomic E-state index is -0.549. The first-order valence-corrected chi connectivity index (χ1v) is 3.69. The summed E-state index contributed by atoms with van der Waals surface area (Å²) >= 11 is 5.71. The lowest BCUT2D eigenvalue weighted by atomic mass is 10.1. The molecule has 0 aliphatic carbocycles. The molecule has 1 rings (SSSR count). The maximum Gasteiger partial charge on any atom is 0.116 e. The Bertz CT molecular complexity index is 250. The average Bonchev–Trinajstić information content (AvgIpc) is 2.04. The van der Waals surface area contributed by atoms with E-state index in [0.717, 1.165) is 5.56 Å². The molecule has 0 spiro atoms. The molecule has 0 aliphatic heterocycles. The Morgan fingerprint density at radius 3 is 2.64 bits per heavy atom. The molecule has 2 N–H and O–H groups in total. The van der Waals surface area contributed by atoms with Crippen molar-refractivity contribution in [1.29, 1.82) is 0 Å². The lowest BCUT2D eigenvalue weighted by Gasteiger charge is -2.04. The van der Waals surface area contributed by atoms with Crippen molar-refractivity contribution in [3.8, 4) is 0 Å². The molecule has 0 unspecified atom stereocenters. The van der Waals surface area contributed by atoms with Crippen LogP contribution in [0.5, 0.6) is 0 Å². The summed E-state index contributed by atoms with van der Waals surface area (Å²) in [5.74, 6) is 0. The minimum Gasteiger partial charge on any atom is -0.326 e. The summed E-state index contributed by atoms with van der Waals surface area (Å²) < 4.78 is 12.3. The van der Waals surface area contributed by atoms with Gasteiger partial charge in [0.25, 0.3) is 0 Å². The zero-order chi connectivity index (χ0) is 8.27. The maximum absolute atomic E-state index is 12.3. The second kappa shape index (κ2) is 3.69. The molecule has 1 nitrogen and oxygen atoms in total. The third-order valence-electron chi connectivity index (χ3n) is 1.57. The van der Waals surface area contributed by atoms with Crippen LogP contribution in [0.25, 0.3) is 0 Å². The SMILES string of the molecule is NCc1cccc(Cl)c1CF. The quantitative estimate of drug-likeness (QED) is 0.730. The summed E-state index contributed by atoms with van der Waals surface area (Å²) in [4.78, 5) is 0. The van der Waals surface area contributed by atoms with E-state index in [0.29, 0.717) is 17.1 Å². The molecular formula is C8H9ClFN. The topological polar surface area (TPSA) is 26.0 Å². The van der Waals surface area contributed by atoms with Crippen LogP contribution in [0.4, 0.5) is 4.39 Å². The normalized spacial score (nSPS) is 10.1. The Labute approximate surface area is 70.0 Å². The molecule has 0 saturated carbocycles. The predicted molar refractivity (Wildman–Crippen MR) is 44.2 cm³/mol. The summed E-state index contributed by atoms with van der Waals surface area (Å²) in [5.41, 5.74) is 6.66. The van der Waals surface area contributed by atoms with E-state index in [9.17, 15) is 4.39 Å². The van der Waals surface area contributed by atoms with Crippen LogP contribution in [0.1, 0.15) is 11.1 Å². The van der Waals surface area contributed by atoms with Crippen molar-refractivity contribution in [1.82, 2.24) is 0 Å². The monoisotopic (exact) mass is 173 g/mol. The van der Waals surface area contributed by atoms with Crippen LogP contribution in [-0.2, 0) is 13.2 Å². The maximum atomic E-state index is 12.3. The number of benzene rings is 1. The van der Waals surface area contributed by atoms with E-state index in [-0.39, 0.29) is 0 Å². The van der Waals surface area contributed by atoms with Crippen molar-refractivity contribution in [3.05, 3.63) is 34.3 Å². The minimum absolute atomic E-state index is 0.333. The van der Waals surface area contributed by atoms with Crippen molar-refractivity contribution >= 4 is 11.6 Å². The molecular weight excluding hydrogens is 165 g/mol. The van der Waals surface area contributed by atoms with Crippen molar-refractivity contribution in [2.24, 2.45) is 5.73 Å². The Morgan fingerprint density at radius 1 is 1.45 bits per heavy atom. The molecule has 0 aromatic heterocycles. The highest BCUT2D eigenvalue weighted by molar-refractivity contribution is 6.31. The first-order chi connectivity index (χ1) is 5.29. The van der Waals surface area contributed by atoms with E-state index in [1.54, 1.807) is 18.2 Å². The number of halogens is 2. The van der Waals surface area contributed by atoms with Gasteiger partial charge in [0.15, 0.2) is 0 Å². The summed E-state index contributed by atoms with van der Waals surface area (Å²) in [5, 5.41) is 0.454. The van der Waals surface area contributed by atoms with E-state index in [4.69, 9.17) is 17.3 Å². The number of alkyl halides is 1. The van der Waals surface area contributed by atoms with Gasteiger partial charge >= 0.3 is 0 Å². The van der Waals surface area contributed by atoms with E-state index in [1.165, 1.54) is 0 Å². The fraction of sp³-hybridized carbons (Fsp3) is 0.250. The van der Waals surface area contributed by atoms with Crippen molar-refractivity contribution in [2.45, 2.75) is 13.2 Å². The molecule has 0 aliphatic rings. The highest BCUT2D eigenvalue weighted by Gasteiger charge is 2.03. The number of hydrogen-bond donors (Lipinski definition) is 1. The van der Waals surface area contributed by atoms with Crippen molar-refractivity contribution in [3.63, 3.8) is 0 Å². The smallest absolute Gasteiger partial charge is 0.116 e. The molecule has 1 aromatic carbocycles.